The van der Waals surface area contributed by atoms with Crippen LogP contribution in [0.25, 0.3) is 0 Å². The summed E-state index contributed by atoms with van der Waals surface area (Å²) in [5.74, 6) is -0.207. The Bertz CT molecular complexity index is 417. The van der Waals surface area contributed by atoms with Gasteiger partial charge in [0.25, 0.3) is 0 Å². The van der Waals surface area contributed by atoms with Gasteiger partial charge in [-0.15, -0.1) is 13.2 Å². The molecule has 1 atom stereocenters. The molecular formula is C14H18F3NO2. The predicted octanol–water partition coefficient (Wildman–Crippen LogP) is 3.96. The highest BCUT2D eigenvalue weighted by atomic mass is 19.4. The highest BCUT2D eigenvalue weighted by molar-refractivity contribution is 5.48. The minimum absolute atomic E-state index is 0.207. The highest BCUT2D eigenvalue weighted by Gasteiger charge is 2.31. The number of halogens is 3. The van der Waals surface area contributed by atoms with Crippen LogP contribution < -0.4 is 10.1 Å². The van der Waals surface area contributed by atoms with Crippen LogP contribution in [-0.4, -0.2) is 25.6 Å². The third-order valence-corrected chi connectivity index (χ3v) is 3.12. The molecule has 0 saturated carbocycles. The largest absolute Gasteiger partial charge is 0.573 e. The van der Waals surface area contributed by atoms with Crippen LogP contribution in [0.1, 0.15) is 25.7 Å². The summed E-state index contributed by atoms with van der Waals surface area (Å²) in [4.78, 5) is 0. The van der Waals surface area contributed by atoms with Crippen molar-refractivity contribution in [3.8, 4) is 5.75 Å². The Balaban J connectivity index is 1.73. The van der Waals surface area contributed by atoms with Gasteiger partial charge in [-0.3, -0.25) is 0 Å². The summed E-state index contributed by atoms with van der Waals surface area (Å²) >= 11 is 0. The summed E-state index contributed by atoms with van der Waals surface area (Å²) in [7, 11) is 0. The summed E-state index contributed by atoms with van der Waals surface area (Å²) in [6.45, 7) is 1.55. The molecule has 0 bridgehead atoms. The fourth-order valence-electron chi connectivity index (χ4n) is 2.24. The first kappa shape index (κ1) is 15.0. The SMILES string of the molecule is FC(F)(F)Oc1cccc(NCCCC2CCCO2)c1. The van der Waals surface area contributed by atoms with Gasteiger partial charge in [0.05, 0.1) is 6.10 Å². The van der Waals surface area contributed by atoms with Crippen molar-refractivity contribution < 1.29 is 22.6 Å². The van der Waals surface area contributed by atoms with E-state index in [4.69, 9.17) is 4.74 Å². The second-order valence-electron chi connectivity index (χ2n) is 4.78. The lowest BCUT2D eigenvalue weighted by Gasteiger charge is -2.12. The predicted molar refractivity (Wildman–Crippen MR) is 69.8 cm³/mol. The number of hydrogen-bond donors (Lipinski definition) is 1. The second-order valence-corrected chi connectivity index (χ2v) is 4.78. The Morgan fingerprint density at radius 2 is 2.20 bits per heavy atom. The molecule has 0 radical (unpaired) electrons. The molecule has 1 N–H and O–H groups in total. The lowest BCUT2D eigenvalue weighted by atomic mass is 10.1. The van der Waals surface area contributed by atoms with E-state index in [9.17, 15) is 13.2 Å². The molecule has 1 saturated heterocycles. The van der Waals surface area contributed by atoms with Gasteiger partial charge in [-0.2, -0.15) is 0 Å². The highest BCUT2D eigenvalue weighted by Crippen LogP contribution is 2.25. The van der Waals surface area contributed by atoms with Gasteiger partial charge in [0.15, 0.2) is 0 Å². The minimum Gasteiger partial charge on any atom is -0.406 e. The Morgan fingerprint density at radius 3 is 2.90 bits per heavy atom. The number of hydrogen-bond acceptors (Lipinski definition) is 3. The molecule has 0 aliphatic carbocycles. The van der Waals surface area contributed by atoms with Crippen LogP contribution in [0, 0.1) is 0 Å². The molecule has 2 rings (SSSR count). The van der Waals surface area contributed by atoms with Crippen molar-refractivity contribution >= 4 is 5.69 Å². The van der Waals surface area contributed by atoms with Gasteiger partial charge in [-0.25, -0.2) is 0 Å². The molecular weight excluding hydrogens is 271 g/mol. The topological polar surface area (TPSA) is 30.5 Å². The first-order chi connectivity index (χ1) is 9.53. The van der Waals surface area contributed by atoms with Gasteiger partial charge in [-0.05, 0) is 37.8 Å². The van der Waals surface area contributed by atoms with E-state index in [1.54, 1.807) is 6.07 Å². The standard InChI is InChI=1S/C14H18F3NO2/c15-14(16,17)20-13-5-1-4-11(10-13)18-8-2-6-12-7-3-9-19-12/h1,4-5,10,12,18H,2-3,6-9H2. The van der Waals surface area contributed by atoms with E-state index in [0.29, 0.717) is 18.3 Å². The Kier molecular flexibility index (Phi) is 5.11. The molecule has 20 heavy (non-hydrogen) atoms. The van der Waals surface area contributed by atoms with Crippen molar-refractivity contribution in [2.75, 3.05) is 18.5 Å². The molecule has 0 aromatic heterocycles. The summed E-state index contributed by atoms with van der Waals surface area (Å²) in [5.41, 5.74) is 0.624. The van der Waals surface area contributed by atoms with E-state index in [1.165, 1.54) is 18.2 Å². The molecule has 0 amide bonds. The van der Waals surface area contributed by atoms with Crippen LogP contribution in [0.3, 0.4) is 0 Å². The van der Waals surface area contributed by atoms with Crippen molar-refractivity contribution in [1.29, 1.82) is 0 Å². The molecule has 1 aliphatic rings. The molecule has 1 heterocycles. The van der Waals surface area contributed by atoms with Crippen LogP contribution in [0.15, 0.2) is 24.3 Å². The first-order valence-electron chi connectivity index (χ1n) is 6.74. The molecule has 6 heteroatoms. The summed E-state index contributed by atoms with van der Waals surface area (Å²) in [6.07, 6.45) is -0.181. The molecule has 3 nitrogen and oxygen atoms in total. The Hall–Kier alpha value is -1.43. The van der Waals surface area contributed by atoms with Crippen LogP contribution in [0.4, 0.5) is 18.9 Å². The molecule has 1 aromatic carbocycles. The number of anilines is 1. The van der Waals surface area contributed by atoms with Gasteiger partial charge in [0.1, 0.15) is 5.75 Å². The van der Waals surface area contributed by atoms with Crippen LogP contribution >= 0.6 is 0 Å². The molecule has 112 valence electrons. The number of alkyl halides is 3. The maximum atomic E-state index is 12.1. The third-order valence-electron chi connectivity index (χ3n) is 3.12. The van der Waals surface area contributed by atoms with Crippen molar-refractivity contribution in [2.24, 2.45) is 0 Å². The van der Waals surface area contributed by atoms with Crippen LogP contribution in [-0.2, 0) is 4.74 Å². The summed E-state index contributed by atoms with van der Waals surface area (Å²) < 4.78 is 45.7. The van der Waals surface area contributed by atoms with Gasteiger partial charge < -0.3 is 14.8 Å². The molecule has 1 aromatic rings. The number of nitrogens with one attached hydrogen (secondary N) is 1. The summed E-state index contributed by atoms with van der Waals surface area (Å²) in [6, 6.07) is 5.88. The molecule has 1 fully saturated rings. The summed E-state index contributed by atoms with van der Waals surface area (Å²) in [5, 5.41) is 3.09. The lowest BCUT2D eigenvalue weighted by molar-refractivity contribution is -0.274. The molecule has 1 unspecified atom stereocenters. The van der Waals surface area contributed by atoms with Crippen LogP contribution in [0.5, 0.6) is 5.75 Å². The number of rotatable bonds is 6. The normalized spacial score (nSPS) is 19.1. The zero-order chi connectivity index (χ0) is 14.4. The van der Waals surface area contributed by atoms with Crippen molar-refractivity contribution in [1.82, 2.24) is 0 Å². The molecule has 1 aliphatic heterocycles. The van der Waals surface area contributed by atoms with Gasteiger partial charge >= 0.3 is 6.36 Å². The minimum atomic E-state index is -4.65. The number of benzene rings is 1. The fraction of sp³-hybridized carbons (Fsp3) is 0.571. The van der Waals surface area contributed by atoms with Crippen molar-refractivity contribution in [3.05, 3.63) is 24.3 Å². The first-order valence-corrected chi connectivity index (χ1v) is 6.74. The smallest absolute Gasteiger partial charge is 0.406 e. The second kappa shape index (κ2) is 6.83. The van der Waals surface area contributed by atoms with E-state index in [0.717, 1.165) is 32.3 Å². The zero-order valence-corrected chi connectivity index (χ0v) is 11.1. The Labute approximate surface area is 116 Å². The monoisotopic (exact) mass is 289 g/mol. The van der Waals surface area contributed by atoms with E-state index in [-0.39, 0.29) is 5.75 Å². The average molecular weight is 289 g/mol. The van der Waals surface area contributed by atoms with E-state index < -0.39 is 6.36 Å². The molecule has 0 spiro atoms. The van der Waals surface area contributed by atoms with Crippen LogP contribution in [0.2, 0.25) is 0 Å². The maximum absolute atomic E-state index is 12.1. The van der Waals surface area contributed by atoms with E-state index in [2.05, 4.69) is 10.1 Å². The van der Waals surface area contributed by atoms with E-state index in [1.807, 2.05) is 0 Å². The van der Waals surface area contributed by atoms with Gasteiger partial charge in [-0.1, -0.05) is 6.07 Å². The Morgan fingerprint density at radius 1 is 1.35 bits per heavy atom. The fourth-order valence-corrected chi connectivity index (χ4v) is 2.24. The quantitative estimate of drug-likeness (QED) is 0.804. The third kappa shape index (κ3) is 5.28. The average Bonchev–Trinajstić information content (AvgIpc) is 2.86. The lowest BCUT2D eigenvalue weighted by Crippen LogP contribution is -2.17. The van der Waals surface area contributed by atoms with E-state index >= 15 is 0 Å². The van der Waals surface area contributed by atoms with Gasteiger partial charge in [0, 0.05) is 24.9 Å². The van der Waals surface area contributed by atoms with Gasteiger partial charge in [0.2, 0.25) is 0 Å². The zero-order valence-electron chi connectivity index (χ0n) is 11.1. The van der Waals surface area contributed by atoms with Crippen molar-refractivity contribution in [3.63, 3.8) is 0 Å². The number of ether oxygens (including phenoxy) is 2. The maximum Gasteiger partial charge on any atom is 0.573 e. The van der Waals surface area contributed by atoms with Crippen molar-refractivity contribution in [2.45, 2.75) is 38.1 Å².